The minimum atomic E-state index is 0. The van der Waals surface area contributed by atoms with Gasteiger partial charge in [-0.2, -0.15) is 0 Å². The van der Waals surface area contributed by atoms with E-state index in [0.29, 0.717) is 0 Å². The van der Waals surface area contributed by atoms with Gasteiger partial charge < -0.3 is 5.73 Å². The molecule has 0 spiro atoms. The highest BCUT2D eigenvalue weighted by Crippen LogP contribution is 2.14. The Kier molecular flexibility index (Phi) is 23.7. The van der Waals surface area contributed by atoms with Crippen LogP contribution in [0.1, 0.15) is 117 Å². The fourth-order valence-corrected chi connectivity index (χ4v) is 3.00. The van der Waals surface area contributed by atoms with Crippen molar-refractivity contribution >= 4 is 12.4 Å². The Labute approximate surface area is 147 Å². The molecule has 0 aliphatic carbocycles. The second-order valence-corrected chi connectivity index (χ2v) is 7.27. The standard InChI is InChI=1S/C20H43N.ClH/c1-20(2)18-16-14-12-10-8-6-4-3-5-7-9-11-13-15-17-19-21;/h20H,3-19,21H2,1-2H3;1H. The van der Waals surface area contributed by atoms with E-state index in [0.717, 1.165) is 12.5 Å². The largest absolute Gasteiger partial charge is 0.330 e. The molecular weight excluding hydrogens is 290 g/mol. The summed E-state index contributed by atoms with van der Waals surface area (Å²) in [5.74, 6) is 0.894. The molecule has 0 aromatic heterocycles. The van der Waals surface area contributed by atoms with E-state index in [1.165, 1.54) is 103 Å². The lowest BCUT2D eigenvalue weighted by Crippen LogP contribution is -1.97. The average Bonchev–Trinajstić information content (AvgIpc) is 2.46. The third-order valence-corrected chi connectivity index (χ3v) is 4.49. The van der Waals surface area contributed by atoms with Crippen molar-refractivity contribution in [1.29, 1.82) is 0 Å². The fraction of sp³-hybridized carbons (Fsp3) is 1.00. The van der Waals surface area contributed by atoms with E-state index in [1.54, 1.807) is 0 Å². The zero-order valence-corrected chi connectivity index (χ0v) is 16.4. The maximum Gasteiger partial charge on any atom is -0.00773 e. The van der Waals surface area contributed by atoms with Crippen LogP contribution >= 0.6 is 12.4 Å². The minimum Gasteiger partial charge on any atom is -0.330 e. The summed E-state index contributed by atoms with van der Waals surface area (Å²) < 4.78 is 0. The second-order valence-electron chi connectivity index (χ2n) is 7.27. The van der Waals surface area contributed by atoms with E-state index in [9.17, 15) is 0 Å². The van der Waals surface area contributed by atoms with Crippen molar-refractivity contribution in [2.24, 2.45) is 11.7 Å². The summed E-state index contributed by atoms with van der Waals surface area (Å²) in [6, 6.07) is 0. The molecule has 0 rings (SSSR count). The summed E-state index contributed by atoms with van der Waals surface area (Å²) in [7, 11) is 0. The summed E-state index contributed by atoms with van der Waals surface area (Å²) >= 11 is 0. The molecule has 0 aliphatic heterocycles. The van der Waals surface area contributed by atoms with Gasteiger partial charge in [-0.25, -0.2) is 0 Å². The molecule has 0 bridgehead atoms. The number of hydrogen-bond donors (Lipinski definition) is 1. The smallest absolute Gasteiger partial charge is 0.00773 e. The maximum absolute atomic E-state index is 5.49. The van der Waals surface area contributed by atoms with E-state index >= 15 is 0 Å². The van der Waals surface area contributed by atoms with Crippen LogP contribution in [0.4, 0.5) is 0 Å². The van der Waals surface area contributed by atoms with Crippen molar-refractivity contribution in [3.05, 3.63) is 0 Å². The van der Waals surface area contributed by atoms with Crippen LogP contribution in [0.15, 0.2) is 0 Å². The van der Waals surface area contributed by atoms with Gasteiger partial charge in [0.25, 0.3) is 0 Å². The average molecular weight is 334 g/mol. The van der Waals surface area contributed by atoms with E-state index in [1.807, 2.05) is 0 Å². The molecule has 0 amide bonds. The molecule has 0 atom stereocenters. The van der Waals surface area contributed by atoms with Crippen molar-refractivity contribution in [3.63, 3.8) is 0 Å². The molecule has 2 N–H and O–H groups in total. The minimum absolute atomic E-state index is 0. The van der Waals surface area contributed by atoms with Gasteiger partial charge in [-0.1, -0.05) is 110 Å². The molecule has 0 aromatic rings. The van der Waals surface area contributed by atoms with Crippen molar-refractivity contribution in [1.82, 2.24) is 0 Å². The first-order chi connectivity index (χ1) is 10.3. The molecular formula is C20H44ClN. The van der Waals surface area contributed by atoms with E-state index in [2.05, 4.69) is 13.8 Å². The molecule has 0 unspecified atom stereocenters. The second kappa shape index (κ2) is 21.2. The lowest BCUT2D eigenvalue weighted by Gasteiger charge is -2.05. The van der Waals surface area contributed by atoms with Crippen LogP contribution < -0.4 is 5.73 Å². The highest BCUT2D eigenvalue weighted by Gasteiger charge is 1.96. The first-order valence-corrected chi connectivity index (χ1v) is 9.97. The van der Waals surface area contributed by atoms with Crippen molar-refractivity contribution in [3.8, 4) is 0 Å². The molecule has 1 nitrogen and oxygen atoms in total. The lowest BCUT2D eigenvalue weighted by molar-refractivity contribution is 0.502. The number of halogens is 1. The summed E-state index contributed by atoms with van der Waals surface area (Å²) in [6.07, 6.45) is 22.9. The normalized spacial score (nSPS) is 10.9. The molecule has 0 aliphatic rings. The Morgan fingerprint density at radius 2 is 0.773 bits per heavy atom. The van der Waals surface area contributed by atoms with Crippen LogP contribution in [0.3, 0.4) is 0 Å². The Hall–Kier alpha value is 0.250. The zero-order valence-electron chi connectivity index (χ0n) is 15.6. The predicted molar refractivity (Wildman–Crippen MR) is 105 cm³/mol. The van der Waals surface area contributed by atoms with Gasteiger partial charge in [-0.15, -0.1) is 12.4 Å². The number of rotatable bonds is 17. The number of hydrogen-bond acceptors (Lipinski definition) is 1. The molecule has 0 saturated carbocycles. The van der Waals surface area contributed by atoms with Crippen LogP contribution in [0, 0.1) is 5.92 Å². The topological polar surface area (TPSA) is 26.0 Å². The lowest BCUT2D eigenvalue weighted by atomic mass is 10.0. The zero-order chi connectivity index (χ0) is 15.6. The summed E-state index contributed by atoms with van der Waals surface area (Å²) in [5.41, 5.74) is 5.49. The van der Waals surface area contributed by atoms with Gasteiger partial charge in [0.2, 0.25) is 0 Å². The third-order valence-electron chi connectivity index (χ3n) is 4.49. The van der Waals surface area contributed by atoms with Gasteiger partial charge in [0.15, 0.2) is 0 Å². The molecule has 0 aromatic carbocycles. The maximum atomic E-state index is 5.49. The molecule has 2 heteroatoms. The Bertz CT molecular complexity index is 183. The Morgan fingerprint density at radius 3 is 1.05 bits per heavy atom. The van der Waals surface area contributed by atoms with Crippen molar-refractivity contribution in [2.75, 3.05) is 6.54 Å². The SMILES string of the molecule is CC(C)CCCCCCCCCCCCCCCCCN.Cl. The summed E-state index contributed by atoms with van der Waals surface area (Å²) in [6.45, 7) is 5.54. The van der Waals surface area contributed by atoms with Crippen LogP contribution in [0.5, 0.6) is 0 Å². The monoisotopic (exact) mass is 333 g/mol. The van der Waals surface area contributed by atoms with Crippen molar-refractivity contribution < 1.29 is 0 Å². The quantitative estimate of drug-likeness (QED) is 0.278. The Morgan fingerprint density at radius 1 is 0.500 bits per heavy atom. The molecule has 0 saturated heterocycles. The van der Waals surface area contributed by atoms with Gasteiger partial charge in [-0.3, -0.25) is 0 Å². The third kappa shape index (κ3) is 22.5. The summed E-state index contributed by atoms with van der Waals surface area (Å²) in [4.78, 5) is 0. The van der Waals surface area contributed by atoms with Crippen LogP contribution in [-0.2, 0) is 0 Å². The molecule has 0 radical (unpaired) electrons. The highest BCUT2D eigenvalue weighted by atomic mass is 35.5. The first kappa shape index (κ1) is 24.5. The van der Waals surface area contributed by atoms with Gasteiger partial charge in [0, 0.05) is 0 Å². The molecule has 0 heterocycles. The van der Waals surface area contributed by atoms with Gasteiger partial charge in [0.1, 0.15) is 0 Å². The highest BCUT2D eigenvalue weighted by molar-refractivity contribution is 5.85. The number of unbranched alkanes of at least 4 members (excludes halogenated alkanes) is 14. The van der Waals surface area contributed by atoms with Crippen LogP contribution in [0.25, 0.3) is 0 Å². The molecule has 22 heavy (non-hydrogen) atoms. The predicted octanol–water partition coefficient (Wildman–Crippen LogP) is 7.26. The fourth-order valence-electron chi connectivity index (χ4n) is 3.00. The van der Waals surface area contributed by atoms with Gasteiger partial charge in [-0.05, 0) is 18.9 Å². The molecule has 136 valence electrons. The molecule has 0 fully saturated rings. The summed E-state index contributed by atoms with van der Waals surface area (Å²) in [5, 5.41) is 0. The van der Waals surface area contributed by atoms with Gasteiger partial charge in [0.05, 0.1) is 0 Å². The Balaban J connectivity index is 0. The van der Waals surface area contributed by atoms with E-state index < -0.39 is 0 Å². The van der Waals surface area contributed by atoms with Crippen molar-refractivity contribution in [2.45, 2.75) is 117 Å². The first-order valence-electron chi connectivity index (χ1n) is 9.97. The van der Waals surface area contributed by atoms with Crippen LogP contribution in [0.2, 0.25) is 0 Å². The number of nitrogens with two attached hydrogens (primary N) is 1. The van der Waals surface area contributed by atoms with E-state index in [-0.39, 0.29) is 12.4 Å². The van der Waals surface area contributed by atoms with Crippen LogP contribution in [-0.4, -0.2) is 6.54 Å². The van der Waals surface area contributed by atoms with Gasteiger partial charge >= 0.3 is 0 Å². The van der Waals surface area contributed by atoms with E-state index in [4.69, 9.17) is 5.73 Å².